The van der Waals surface area contributed by atoms with Crippen molar-refractivity contribution < 1.29 is 18.6 Å². The van der Waals surface area contributed by atoms with Crippen LogP contribution in [0.1, 0.15) is 0 Å². The lowest BCUT2D eigenvalue weighted by Crippen LogP contribution is -2.32. The molecule has 118 valence electrons. The van der Waals surface area contributed by atoms with Gasteiger partial charge in [0.2, 0.25) is 0 Å². The Labute approximate surface area is 131 Å². The van der Waals surface area contributed by atoms with Crippen LogP contribution in [0.25, 0.3) is 11.3 Å². The third kappa shape index (κ3) is 3.21. The molecular formula is C14H15ClFN3O3. The normalized spacial score (nSPS) is 18.4. The zero-order chi connectivity index (χ0) is 15.5. The van der Waals surface area contributed by atoms with Crippen LogP contribution in [0.2, 0.25) is 5.02 Å². The molecule has 1 aliphatic rings. The number of nitrogens with zero attached hydrogens (tertiary/aromatic N) is 3. The maximum Gasteiger partial charge on any atom is 0.173 e. The molecule has 2 aromatic rings. The van der Waals surface area contributed by atoms with Crippen LogP contribution in [0.15, 0.2) is 18.3 Å². The standard InChI is InChI=1S/C14H15ClFN3O3/c1-20-14-11(15)4-9(5-12(14)16)13-7-19(18-17-13)6-10-8-21-2-3-22-10/h4-5,7,10H,2-3,6,8H2,1H3/t10-/m1/s1. The minimum absolute atomic E-state index is 0.0190. The predicted molar refractivity (Wildman–Crippen MR) is 77.5 cm³/mol. The molecule has 0 amide bonds. The molecule has 2 heterocycles. The molecule has 0 unspecified atom stereocenters. The molecule has 1 atom stereocenters. The van der Waals surface area contributed by atoms with Gasteiger partial charge in [-0.25, -0.2) is 9.07 Å². The summed E-state index contributed by atoms with van der Waals surface area (Å²) in [6, 6.07) is 2.91. The van der Waals surface area contributed by atoms with Gasteiger partial charge in [0, 0.05) is 5.56 Å². The fraction of sp³-hybridized carbons (Fsp3) is 0.429. The molecule has 1 aromatic heterocycles. The molecule has 1 aromatic carbocycles. The smallest absolute Gasteiger partial charge is 0.173 e. The maximum atomic E-state index is 13.9. The van der Waals surface area contributed by atoms with Crippen molar-refractivity contribution in [2.45, 2.75) is 12.6 Å². The van der Waals surface area contributed by atoms with Gasteiger partial charge >= 0.3 is 0 Å². The monoisotopic (exact) mass is 327 g/mol. The van der Waals surface area contributed by atoms with Crippen molar-refractivity contribution in [2.24, 2.45) is 0 Å². The van der Waals surface area contributed by atoms with Gasteiger partial charge < -0.3 is 14.2 Å². The van der Waals surface area contributed by atoms with Gasteiger partial charge in [0.05, 0.1) is 44.7 Å². The summed E-state index contributed by atoms with van der Waals surface area (Å²) in [5, 5.41) is 8.25. The number of aromatic nitrogens is 3. The third-order valence-electron chi connectivity index (χ3n) is 3.31. The largest absolute Gasteiger partial charge is 0.492 e. The quantitative estimate of drug-likeness (QED) is 0.861. The second-order valence-corrected chi connectivity index (χ2v) is 5.27. The van der Waals surface area contributed by atoms with Gasteiger partial charge in [-0.2, -0.15) is 0 Å². The van der Waals surface area contributed by atoms with Crippen molar-refractivity contribution in [3.8, 4) is 17.0 Å². The molecule has 1 saturated heterocycles. The van der Waals surface area contributed by atoms with E-state index >= 15 is 0 Å². The van der Waals surface area contributed by atoms with Gasteiger partial charge in [0.15, 0.2) is 11.6 Å². The Morgan fingerprint density at radius 1 is 1.45 bits per heavy atom. The average Bonchev–Trinajstić information content (AvgIpc) is 2.96. The molecule has 0 bridgehead atoms. The van der Waals surface area contributed by atoms with E-state index in [1.165, 1.54) is 13.2 Å². The number of rotatable bonds is 4. The van der Waals surface area contributed by atoms with Crippen LogP contribution in [0.3, 0.4) is 0 Å². The van der Waals surface area contributed by atoms with Crippen LogP contribution in [-0.4, -0.2) is 48.0 Å². The number of methoxy groups -OCH3 is 1. The summed E-state index contributed by atoms with van der Waals surface area (Å²) in [5.41, 5.74) is 1.07. The van der Waals surface area contributed by atoms with Gasteiger partial charge in [-0.15, -0.1) is 5.10 Å². The lowest BCUT2D eigenvalue weighted by molar-refractivity contribution is -0.0947. The fourth-order valence-corrected chi connectivity index (χ4v) is 2.56. The van der Waals surface area contributed by atoms with Crippen molar-refractivity contribution in [2.75, 3.05) is 26.9 Å². The first-order valence-electron chi connectivity index (χ1n) is 6.80. The zero-order valence-electron chi connectivity index (χ0n) is 12.0. The van der Waals surface area contributed by atoms with Gasteiger partial charge in [0.25, 0.3) is 0 Å². The first kappa shape index (κ1) is 15.2. The van der Waals surface area contributed by atoms with E-state index in [1.807, 2.05) is 0 Å². The summed E-state index contributed by atoms with van der Waals surface area (Å²) in [6.45, 7) is 2.24. The van der Waals surface area contributed by atoms with Gasteiger partial charge in [-0.3, -0.25) is 0 Å². The highest BCUT2D eigenvalue weighted by Crippen LogP contribution is 2.32. The van der Waals surface area contributed by atoms with E-state index in [2.05, 4.69) is 10.3 Å². The molecule has 0 aliphatic carbocycles. The second-order valence-electron chi connectivity index (χ2n) is 4.87. The highest BCUT2D eigenvalue weighted by atomic mass is 35.5. The lowest BCUT2D eigenvalue weighted by atomic mass is 10.1. The van der Waals surface area contributed by atoms with E-state index in [0.717, 1.165) is 0 Å². The molecule has 6 nitrogen and oxygen atoms in total. The molecule has 0 saturated carbocycles. The summed E-state index contributed by atoms with van der Waals surface area (Å²) in [7, 11) is 1.37. The Bertz CT molecular complexity index is 636. The molecule has 8 heteroatoms. The summed E-state index contributed by atoms with van der Waals surface area (Å²) >= 11 is 5.99. The van der Waals surface area contributed by atoms with Gasteiger partial charge in [-0.05, 0) is 12.1 Å². The first-order chi connectivity index (χ1) is 10.7. The molecule has 3 rings (SSSR count). The average molecular weight is 328 g/mol. The first-order valence-corrected chi connectivity index (χ1v) is 7.18. The van der Waals surface area contributed by atoms with Crippen LogP contribution in [0.4, 0.5) is 4.39 Å². The van der Waals surface area contributed by atoms with E-state index in [9.17, 15) is 4.39 Å². The Kier molecular flexibility index (Phi) is 4.56. The molecule has 22 heavy (non-hydrogen) atoms. The van der Waals surface area contributed by atoms with E-state index in [4.69, 9.17) is 25.8 Å². The molecular weight excluding hydrogens is 313 g/mol. The molecule has 1 aliphatic heterocycles. The van der Waals surface area contributed by atoms with E-state index < -0.39 is 5.82 Å². The third-order valence-corrected chi connectivity index (χ3v) is 3.59. The number of ether oxygens (including phenoxy) is 3. The lowest BCUT2D eigenvalue weighted by Gasteiger charge is -2.22. The van der Waals surface area contributed by atoms with E-state index in [0.29, 0.717) is 37.6 Å². The van der Waals surface area contributed by atoms with Crippen molar-refractivity contribution in [3.63, 3.8) is 0 Å². The van der Waals surface area contributed by atoms with Crippen LogP contribution in [0, 0.1) is 5.82 Å². The summed E-state index contributed by atoms with van der Waals surface area (Å²) in [4.78, 5) is 0. The van der Waals surface area contributed by atoms with Crippen molar-refractivity contribution in [1.82, 2.24) is 15.0 Å². The summed E-state index contributed by atoms with van der Waals surface area (Å²) < 4.78 is 31.3. The summed E-state index contributed by atoms with van der Waals surface area (Å²) in [6.07, 6.45) is 1.66. The second kappa shape index (κ2) is 6.60. The zero-order valence-corrected chi connectivity index (χ0v) is 12.7. The number of benzene rings is 1. The van der Waals surface area contributed by atoms with Gasteiger partial charge in [0.1, 0.15) is 11.8 Å². The van der Waals surface area contributed by atoms with Crippen molar-refractivity contribution in [3.05, 3.63) is 29.2 Å². The van der Waals surface area contributed by atoms with E-state index in [1.54, 1.807) is 16.9 Å². The van der Waals surface area contributed by atoms with Gasteiger partial charge in [-0.1, -0.05) is 16.8 Å². The Morgan fingerprint density at radius 2 is 2.32 bits per heavy atom. The number of halogens is 2. The Morgan fingerprint density at radius 3 is 3.00 bits per heavy atom. The highest BCUT2D eigenvalue weighted by Gasteiger charge is 2.17. The molecule has 1 fully saturated rings. The topological polar surface area (TPSA) is 58.4 Å². The maximum absolute atomic E-state index is 13.9. The minimum atomic E-state index is -0.538. The van der Waals surface area contributed by atoms with Crippen molar-refractivity contribution >= 4 is 11.6 Å². The van der Waals surface area contributed by atoms with Crippen LogP contribution >= 0.6 is 11.6 Å². The highest BCUT2D eigenvalue weighted by molar-refractivity contribution is 6.32. The van der Waals surface area contributed by atoms with E-state index in [-0.39, 0.29) is 16.9 Å². The Balaban J connectivity index is 1.78. The van der Waals surface area contributed by atoms with Crippen LogP contribution in [-0.2, 0) is 16.0 Å². The number of hydrogen-bond acceptors (Lipinski definition) is 5. The minimum Gasteiger partial charge on any atom is -0.492 e. The molecule has 0 spiro atoms. The molecule has 0 N–H and O–H groups in total. The fourth-order valence-electron chi connectivity index (χ4n) is 2.27. The van der Waals surface area contributed by atoms with Crippen LogP contribution in [0.5, 0.6) is 5.75 Å². The predicted octanol–water partition coefficient (Wildman–Crippen LogP) is 2.16. The van der Waals surface area contributed by atoms with Crippen LogP contribution < -0.4 is 4.74 Å². The summed E-state index contributed by atoms with van der Waals surface area (Å²) in [5.74, 6) is -0.519. The number of hydrogen-bond donors (Lipinski definition) is 0. The van der Waals surface area contributed by atoms with Crippen molar-refractivity contribution in [1.29, 1.82) is 0 Å². The Hall–Kier alpha value is -1.70. The SMILES string of the molecule is COc1c(F)cc(-c2cn(C[C@@H]3COCCO3)nn2)cc1Cl. The molecule has 0 radical (unpaired) electrons.